The number of carbonyl (C=O) groups is 2. The number of likely N-dealkylation sites (tertiary alicyclic amines) is 1. The molecule has 0 spiro atoms. The first-order chi connectivity index (χ1) is 21.6. The van der Waals surface area contributed by atoms with Crippen LogP contribution in [-0.2, 0) is 9.53 Å². The van der Waals surface area contributed by atoms with E-state index < -0.39 is 8.07 Å². The molecule has 45 heavy (non-hydrogen) atoms. The minimum atomic E-state index is -2.37. The Morgan fingerprint density at radius 1 is 1.09 bits per heavy atom. The molecule has 5 rings (SSSR count). The van der Waals surface area contributed by atoms with Crippen LogP contribution in [0, 0.1) is 5.92 Å². The molecule has 2 heterocycles. The number of fused-ring (bicyclic) bond motifs is 1. The highest BCUT2D eigenvalue weighted by Crippen LogP contribution is 2.48. The SMILES string of the molecule is COc1ccc([Si](C)(C)C(CC(=O)N2CCC[C@H]2CO)[C@H]2Oc3ccc(NC(=O)c4ccc(N)cc4)cc3[C@@H](OC)[C@@H]2C)cc1. The molecular weight excluding hydrogens is 586 g/mol. The maximum absolute atomic E-state index is 13.9. The van der Waals surface area contributed by atoms with E-state index in [1.165, 1.54) is 5.19 Å². The summed E-state index contributed by atoms with van der Waals surface area (Å²) in [5, 5.41) is 14.1. The molecule has 240 valence electrons. The number of methoxy groups -OCH3 is 2. The number of nitrogens with one attached hydrogen (secondary N) is 1. The average molecular weight is 632 g/mol. The standard InChI is InChI=1S/C35H45N3O6Si/c1-22-33(43-3)29-19-25(37-35(41)23-8-10-24(36)11-9-23)12-17-30(29)44-34(22)31(20-32(40)38-18-6-7-26(38)21-39)45(4,5)28-15-13-27(42-2)14-16-28/h8-17,19,22,26,31,33-34,39H,6-7,18,20-21,36H2,1-5H3,(H,37,41)/t22-,26-,31?,33-,34-/m0/s1. The van der Waals surface area contributed by atoms with Crippen LogP contribution in [-0.4, -0.2) is 69.4 Å². The van der Waals surface area contributed by atoms with Crippen molar-refractivity contribution in [3.63, 3.8) is 0 Å². The smallest absolute Gasteiger partial charge is 0.255 e. The van der Waals surface area contributed by atoms with Crippen LogP contribution in [0.1, 0.15) is 48.2 Å². The molecule has 1 fully saturated rings. The van der Waals surface area contributed by atoms with Crippen molar-refractivity contribution in [1.82, 2.24) is 4.90 Å². The molecule has 5 atom stereocenters. The van der Waals surface area contributed by atoms with Crippen LogP contribution in [0.4, 0.5) is 11.4 Å². The third-order valence-corrected chi connectivity index (χ3v) is 13.9. The van der Waals surface area contributed by atoms with E-state index >= 15 is 0 Å². The molecule has 0 saturated carbocycles. The van der Waals surface area contributed by atoms with Crippen molar-refractivity contribution < 1.29 is 28.9 Å². The van der Waals surface area contributed by atoms with Crippen molar-refractivity contribution in [3.8, 4) is 11.5 Å². The van der Waals surface area contributed by atoms with Crippen LogP contribution < -0.4 is 25.7 Å². The fraction of sp³-hybridized carbons (Fsp3) is 0.429. The van der Waals surface area contributed by atoms with Gasteiger partial charge in [-0.2, -0.15) is 0 Å². The summed E-state index contributed by atoms with van der Waals surface area (Å²) in [6.07, 6.45) is 1.41. The quantitative estimate of drug-likeness (QED) is 0.213. The van der Waals surface area contributed by atoms with E-state index in [-0.39, 0.29) is 48.1 Å². The number of rotatable bonds is 10. The van der Waals surface area contributed by atoms with E-state index in [1.807, 2.05) is 35.2 Å². The lowest BCUT2D eigenvalue weighted by Gasteiger charge is -2.46. The first-order valence-electron chi connectivity index (χ1n) is 15.6. The molecular formula is C35H45N3O6Si. The molecule has 9 nitrogen and oxygen atoms in total. The van der Waals surface area contributed by atoms with E-state index in [0.717, 1.165) is 24.2 Å². The Morgan fingerprint density at radius 3 is 2.44 bits per heavy atom. The Hall–Kier alpha value is -3.86. The number of hydrogen-bond donors (Lipinski definition) is 3. The van der Waals surface area contributed by atoms with Gasteiger partial charge in [0.1, 0.15) is 17.6 Å². The van der Waals surface area contributed by atoms with E-state index in [9.17, 15) is 14.7 Å². The Labute approximate surface area is 266 Å². The number of anilines is 2. The van der Waals surface area contributed by atoms with Gasteiger partial charge in [0.25, 0.3) is 5.91 Å². The fourth-order valence-electron chi connectivity index (χ4n) is 6.97. The highest BCUT2D eigenvalue weighted by Gasteiger charge is 2.48. The predicted octanol–water partition coefficient (Wildman–Crippen LogP) is 4.97. The molecule has 2 aliphatic rings. The number of amides is 2. The lowest BCUT2D eigenvalue weighted by atomic mass is 9.86. The largest absolute Gasteiger partial charge is 0.497 e. The van der Waals surface area contributed by atoms with Gasteiger partial charge in [-0.05, 0) is 67.4 Å². The van der Waals surface area contributed by atoms with Gasteiger partial charge in [-0.15, -0.1) is 0 Å². The van der Waals surface area contributed by atoms with Crippen molar-refractivity contribution in [2.75, 3.05) is 38.4 Å². The number of hydrogen-bond acceptors (Lipinski definition) is 7. The van der Waals surface area contributed by atoms with Crippen molar-refractivity contribution in [1.29, 1.82) is 0 Å². The maximum atomic E-state index is 13.9. The zero-order chi connectivity index (χ0) is 32.3. The fourth-order valence-corrected chi connectivity index (χ4v) is 10.3. The molecule has 3 aromatic rings. The summed E-state index contributed by atoms with van der Waals surface area (Å²) in [6.45, 7) is 7.34. The number of aliphatic hydroxyl groups is 1. The summed E-state index contributed by atoms with van der Waals surface area (Å²) in [6, 6.07) is 20.4. The van der Waals surface area contributed by atoms with E-state index in [1.54, 1.807) is 38.5 Å². The Bertz CT molecular complexity index is 1500. The van der Waals surface area contributed by atoms with Crippen molar-refractivity contribution in [2.45, 2.75) is 63.1 Å². The third kappa shape index (κ3) is 6.73. The van der Waals surface area contributed by atoms with Crippen LogP contribution in [0.3, 0.4) is 0 Å². The molecule has 10 heteroatoms. The number of carbonyl (C=O) groups excluding carboxylic acids is 2. The number of benzene rings is 3. The summed E-state index contributed by atoms with van der Waals surface area (Å²) in [5.74, 6) is 1.19. The van der Waals surface area contributed by atoms with Gasteiger partial charge in [0.2, 0.25) is 5.91 Å². The highest BCUT2D eigenvalue weighted by atomic mass is 28.3. The van der Waals surface area contributed by atoms with Crippen molar-refractivity contribution in [3.05, 3.63) is 77.9 Å². The van der Waals surface area contributed by atoms with Gasteiger partial charge in [0, 0.05) is 54.0 Å². The molecule has 0 aliphatic carbocycles. The maximum Gasteiger partial charge on any atom is 0.255 e. The van der Waals surface area contributed by atoms with E-state index in [2.05, 4.69) is 37.5 Å². The van der Waals surface area contributed by atoms with Gasteiger partial charge in [0.05, 0.1) is 33.9 Å². The lowest BCUT2D eigenvalue weighted by molar-refractivity contribution is -0.133. The molecule has 1 saturated heterocycles. The number of aliphatic hydroxyl groups excluding tert-OH is 1. The molecule has 0 radical (unpaired) electrons. The second-order valence-corrected chi connectivity index (χ2v) is 17.5. The molecule has 3 aromatic carbocycles. The molecule has 0 bridgehead atoms. The number of ether oxygens (including phenoxy) is 3. The summed E-state index contributed by atoms with van der Waals surface area (Å²) in [4.78, 5) is 28.7. The molecule has 1 unspecified atom stereocenters. The summed E-state index contributed by atoms with van der Waals surface area (Å²) < 4.78 is 18.4. The zero-order valence-electron chi connectivity index (χ0n) is 26.8. The third-order valence-electron chi connectivity index (χ3n) is 9.72. The molecule has 4 N–H and O–H groups in total. The topological polar surface area (TPSA) is 123 Å². The van der Waals surface area contributed by atoms with Crippen molar-refractivity contribution in [2.24, 2.45) is 5.92 Å². The van der Waals surface area contributed by atoms with Crippen LogP contribution >= 0.6 is 0 Å². The molecule has 2 aliphatic heterocycles. The van der Waals surface area contributed by atoms with Crippen LogP contribution in [0.5, 0.6) is 11.5 Å². The Morgan fingerprint density at radius 2 is 1.80 bits per heavy atom. The van der Waals surface area contributed by atoms with Gasteiger partial charge >= 0.3 is 0 Å². The van der Waals surface area contributed by atoms with Crippen LogP contribution in [0.2, 0.25) is 18.6 Å². The van der Waals surface area contributed by atoms with Gasteiger partial charge in [-0.25, -0.2) is 0 Å². The molecule has 0 aromatic heterocycles. The second kappa shape index (κ2) is 13.6. The first-order valence-corrected chi connectivity index (χ1v) is 18.7. The summed E-state index contributed by atoms with van der Waals surface area (Å²) in [5.41, 5.74) is 8.28. The molecule has 2 amide bonds. The highest BCUT2D eigenvalue weighted by molar-refractivity contribution is 6.91. The minimum Gasteiger partial charge on any atom is -0.497 e. The lowest BCUT2D eigenvalue weighted by Crippen LogP contribution is -2.55. The van der Waals surface area contributed by atoms with Crippen LogP contribution in [0.25, 0.3) is 0 Å². The normalized spacial score (nSPS) is 21.9. The summed E-state index contributed by atoms with van der Waals surface area (Å²) in [7, 11) is 0.974. The number of nitrogens with two attached hydrogens (primary N) is 1. The Kier molecular flexibility index (Phi) is 9.86. The average Bonchev–Trinajstić information content (AvgIpc) is 3.53. The second-order valence-electron chi connectivity index (χ2n) is 12.8. The van der Waals surface area contributed by atoms with Crippen LogP contribution in [0.15, 0.2) is 66.7 Å². The predicted molar refractivity (Wildman–Crippen MR) is 179 cm³/mol. The monoisotopic (exact) mass is 631 g/mol. The van der Waals surface area contributed by atoms with E-state index in [0.29, 0.717) is 35.7 Å². The number of nitrogens with zero attached hydrogens (tertiary/aromatic N) is 1. The van der Waals surface area contributed by atoms with Gasteiger partial charge in [-0.1, -0.05) is 37.3 Å². The van der Waals surface area contributed by atoms with Gasteiger partial charge in [-0.3, -0.25) is 9.59 Å². The minimum absolute atomic E-state index is 0.0254. The van der Waals surface area contributed by atoms with Crippen molar-refractivity contribution >= 4 is 36.4 Å². The number of nitrogen functional groups attached to an aromatic ring is 1. The van der Waals surface area contributed by atoms with E-state index in [4.69, 9.17) is 19.9 Å². The zero-order valence-corrected chi connectivity index (χ0v) is 27.8. The first kappa shape index (κ1) is 32.5. The summed E-state index contributed by atoms with van der Waals surface area (Å²) >= 11 is 0. The van der Waals surface area contributed by atoms with Gasteiger partial charge < -0.3 is 35.3 Å². The van der Waals surface area contributed by atoms with Gasteiger partial charge in [0.15, 0.2) is 0 Å². The Balaban J connectivity index is 1.47.